The summed E-state index contributed by atoms with van der Waals surface area (Å²) in [6.07, 6.45) is 1.92. The lowest BCUT2D eigenvalue weighted by Gasteiger charge is -2.16. The van der Waals surface area contributed by atoms with Gasteiger partial charge in [0.1, 0.15) is 18.5 Å². The molecular weight excluding hydrogens is 283 g/mol. The van der Waals surface area contributed by atoms with Gasteiger partial charge in [-0.3, -0.25) is 20.2 Å². The summed E-state index contributed by atoms with van der Waals surface area (Å²) >= 11 is 0. The molecule has 0 aliphatic heterocycles. The van der Waals surface area contributed by atoms with Gasteiger partial charge >= 0.3 is 11.7 Å². The fourth-order valence-corrected chi connectivity index (χ4v) is 1.79. The molecule has 0 aromatic heterocycles. The Morgan fingerprint density at radius 2 is 2.29 bits per heavy atom. The quantitative estimate of drug-likeness (QED) is 0.465. The van der Waals surface area contributed by atoms with Gasteiger partial charge in [-0.1, -0.05) is 0 Å². The van der Waals surface area contributed by atoms with Crippen LogP contribution in [-0.4, -0.2) is 36.7 Å². The molecule has 21 heavy (non-hydrogen) atoms. The number of benzene rings is 1. The monoisotopic (exact) mass is 298 g/mol. The summed E-state index contributed by atoms with van der Waals surface area (Å²) in [5.41, 5.74) is -0.481. The molecule has 1 aromatic rings. The molecule has 8 heteroatoms. The zero-order chi connectivity index (χ0) is 15.4. The maximum absolute atomic E-state index is 13.0. The number of hydrogen-bond donors (Lipinski definition) is 1. The molecule has 1 atom stereocenters. The van der Waals surface area contributed by atoms with Gasteiger partial charge in [0, 0.05) is 6.04 Å². The van der Waals surface area contributed by atoms with Crippen LogP contribution >= 0.6 is 0 Å². The molecule has 1 N–H and O–H groups in total. The standard InChI is InChI=1S/C13H15FN2O5/c1-20-13(17)10(15-9-3-4-9)7-21-12-5-2-8(14)6-11(12)16(18)19/h2,5-6,9-10,15H,3-4,7H2,1H3. The summed E-state index contributed by atoms with van der Waals surface area (Å²) in [6, 6.07) is 2.52. The second-order valence-electron chi connectivity index (χ2n) is 4.70. The molecule has 7 nitrogen and oxygen atoms in total. The largest absolute Gasteiger partial charge is 0.485 e. The summed E-state index contributed by atoms with van der Waals surface area (Å²) in [4.78, 5) is 21.7. The van der Waals surface area contributed by atoms with Gasteiger partial charge in [-0.25, -0.2) is 4.39 Å². The van der Waals surface area contributed by atoms with Gasteiger partial charge in [0.25, 0.3) is 0 Å². The molecule has 114 valence electrons. The van der Waals surface area contributed by atoms with Crippen LogP contribution in [0, 0.1) is 15.9 Å². The number of methoxy groups -OCH3 is 1. The predicted octanol–water partition coefficient (Wildman–Crippen LogP) is 1.41. The number of nitrogens with zero attached hydrogens (tertiary/aromatic N) is 1. The number of carbonyl (C=O) groups is 1. The van der Waals surface area contributed by atoms with E-state index in [4.69, 9.17) is 4.74 Å². The first-order valence-corrected chi connectivity index (χ1v) is 6.42. The Morgan fingerprint density at radius 1 is 1.57 bits per heavy atom. The van der Waals surface area contributed by atoms with Crippen molar-refractivity contribution in [3.63, 3.8) is 0 Å². The molecule has 0 radical (unpaired) electrons. The van der Waals surface area contributed by atoms with E-state index in [1.54, 1.807) is 0 Å². The zero-order valence-electron chi connectivity index (χ0n) is 11.4. The molecule has 2 rings (SSSR count). The number of esters is 1. The van der Waals surface area contributed by atoms with E-state index < -0.39 is 28.4 Å². The van der Waals surface area contributed by atoms with Gasteiger partial charge in [-0.2, -0.15) is 0 Å². The Labute approximate surface area is 120 Å². The fraction of sp³-hybridized carbons (Fsp3) is 0.462. The van der Waals surface area contributed by atoms with Crippen LogP contribution in [0.15, 0.2) is 18.2 Å². The van der Waals surface area contributed by atoms with E-state index in [1.165, 1.54) is 13.2 Å². The third-order valence-electron chi connectivity index (χ3n) is 3.02. The first-order chi connectivity index (χ1) is 10.0. The highest BCUT2D eigenvalue weighted by molar-refractivity contribution is 5.76. The third-order valence-corrected chi connectivity index (χ3v) is 3.02. The van der Waals surface area contributed by atoms with Gasteiger partial charge in [-0.15, -0.1) is 0 Å². The summed E-state index contributed by atoms with van der Waals surface area (Å²) in [7, 11) is 1.25. The number of nitro groups is 1. The van der Waals surface area contributed by atoms with E-state index in [0.29, 0.717) is 0 Å². The van der Waals surface area contributed by atoms with Crippen LogP contribution in [0.1, 0.15) is 12.8 Å². The van der Waals surface area contributed by atoms with Crippen molar-refractivity contribution in [2.75, 3.05) is 13.7 Å². The molecule has 1 aliphatic carbocycles. The Hall–Kier alpha value is -2.22. The molecule has 0 saturated heterocycles. The second-order valence-corrected chi connectivity index (χ2v) is 4.70. The number of nitro benzene ring substituents is 1. The topological polar surface area (TPSA) is 90.7 Å². The molecular formula is C13H15FN2O5. The summed E-state index contributed by atoms with van der Waals surface area (Å²) in [6.45, 7) is -0.129. The molecule has 0 amide bonds. The fourth-order valence-electron chi connectivity index (χ4n) is 1.79. The van der Waals surface area contributed by atoms with Crippen molar-refractivity contribution in [2.24, 2.45) is 0 Å². The van der Waals surface area contributed by atoms with Crippen LogP contribution in [0.2, 0.25) is 0 Å². The van der Waals surface area contributed by atoms with E-state index in [2.05, 4.69) is 10.1 Å². The average molecular weight is 298 g/mol. The molecule has 1 saturated carbocycles. The summed E-state index contributed by atoms with van der Waals surface area (Å²) < 4.78 is 23.0. The van der Waals surface area contributed by atoms with Crippen LogP contribution < -0.4 is 10.1 Å². The van der Waals surface area contributed by atoms with Crippen LogP contribution in [-0.2, 0) is 9.53 Å². The number of nitrogens with one attached hydrogen (secondary N) is 1. The maximum Gasteiger partial charge on any atom is 0.326 e. The van der Waals surface area contributed by atoms with Crippen LogP contribution in [0.3, 0.4) is 0 Å². The van der Waals surface area contributed by atoms with E-state index in [0.717, 1.165) is 25.0 Å². The molecule has 0 bridgehead atoms. The molecule has 0 heterocycles. The summed E-state index contributed by atoms with van der Waals surface area (Å²) in [5.74, 6) is -1.32. The minimum absolute atomic E-state index is 0.0899. The van der Waals surface area contributed by atoms with Gasteiger partial charge in [0.15, 0.2) is 5.75 Å². The van der Waals surface area contributed by atoms with E-state index >= 15 is 0 Å². The lowest BCUT2D eigenvalue weighted by molar-refractivity contribution is -0.386. The zero-order valence-corrected chi connectivity index (χ0v) is 11.4. The van der Waals surface area contributed by atoms with Crippen molar-refractivity contribution in [2.45, 2.75) is 24.9 Å². The average Bonchev–Trinajstić information content (AvgIpc) is 3.27. The van der Waals surface area contributed by atoms with Gasteiger partial charge in [0.05, 0.1) is 18.1 Å². The number of ether oxygens (including phenoxy) is 2. The lowest BCUT2D eigenvalue weighted by Crippen LogP contribution is -2.43. The third kappa shape index (κ3) is 4.12. The normalized spacial score (nSPS) is 15.3. The molecule has 0 spiro atoms. The number of rotatable bonds is 7. The highest BCUT2D eigenvalue weighted by Gasteiger charge is 2.30. The molecule has 1 aromatic carbocycles. The molecule has 1 fully saturated rings. The Morgan fingerprint density at radius 3 is 2.86 bits per heavy atom. The van der Waals surface area contributed by atoms with E-state index in [1.807, 2.05) is 0 Å². The Kier molecular flexibility index (Phi) is 4.69. The number of hydrogen-bond acceptors (Lipinski definition) is 6. The van der Waals surface area contributed by atoms with Crippen molar-refractivity contribution < 1.29 is 23.6 Å². The molecule has 1 aliphatic rings. The maximum atomic E-state index is 13.0. The second kappa shape index (κ2) is 6.49. The molecule has 1 unspecified atom stereocenters. The Balaban J connectivity index is 2.05. The Bertz CT molecular complexity index is 547. The van der Waals surface area contributed by atoms with Crippen LogP contribution in [0.5, 0.6) is 5.75 Å². The van der Waals surface area contributed by atoms with Crippen molar-refractivity contribution in [1.82, 2.24) is 5.32 Å². The van der Waals surface area contributed by atoms with E-state index in [-0.39, 0.29) is 18.4 Å². The minimum atomic E-state index is -0.736. The highest BCUT2D eigenvalue weighted by atomic mass is 19.1. The summed E-state index contributed by atoms with van der Waals surface area (Å²) in [5, 5.41) is 13.9. The van der Waals surface area contributed by atoms with Crippen LogP contribution in [0.25, 0.3) is 0 Å². The smallest absolute Gasteiger partial charge is 0.326 e. The van der Waals surface area contributed by atoms with Crippen molar-refractivity contribution in [3.05, 3.63) is 34.1 Å². The highest BCUT2D eigenvalue weighted by Crippen LogP contribution is 2.27. The number of carbonyl (C=O) groups excluding carboxylic acids is 1. The number of halogens is 1. The SMILES string of the molecule is COC(=O)C(COc1ccc(F)cc1[N+](=O)[O-])NC1CC1. The van der Waals surface area contributed by atoms with Gasteiger partial charge < -0.3 is 9.47 Å². The minimum Gasteiger partial charge on any atom is -0.485 e. The van der Waals surface area contributed by atoms with Gasteiger partial charge in [-0.05, 0) is 25.0 Å². The van der Waals surface area contributed by atoms with E-state index in [9.17, 15) is 19.3 Å². The van der Waals surface area contributed by atoms with Crippen molar-refractivity contribution in [1.29, 1.82) is 0 Å². The first-order valence-electron chi connectivity index (χ1n) is 6.42. The van der Waals surface area contributed by atoms with Crippen molar-refractivity contribution >= 4 is 11.7 Å². The predicted molar refractivity (Wildman–Crippen MR) is 70.5 cm³/mol. The first kappa shape index (κ1) is 15.2. The van der Waals surface area contributed by atoms with Crippen molar-refractivity contribution in [3.8, 4) is 5.75 Å². The van der Waals surface area contributed by atoms with Crippen LogP contribution in [0.4, 0.5) is 10.1 Å². The lowest BCUT2D eigenvalue weighted by atomic mass is 10.2. The van der Waals surface area contributed by atoms with Gasteiger partial charge in [0.2, 0.25) is 0 Å².